The molecule has 1 N–H and O–H groups in total. The molecule has 0 aromatic rings. The summed E-state index contributed by atoms with van der Waals surface area (Å²) in [5.41, 5.74) is 0. The van der Waals surface area contributed by atoms with Gasteiger partial charge in [0, 0.05) is 6.54 Å². The van der Waals surface area contributed by atoms with E-state index >= 15 is 0 Å². The Morgan fingerprint density at radius 1 is 1.00 bits per heavy atom. The van der Waals surface area contributed by atoms with Gasteiger partial charge in [-0.05, 0) is 64.7 Å². The number of piperidine rings is 1. The molecule has 3 nitrogen and oxygen atoms in total. The molecule has 0 spiro atoms. The minimum Gasteiger partial charge on any atom is -0.377 e. The molecule has 1 aliphatic carbocycles. The number of ether oxygens (including phenoxy) is 1. The molecule has 2 aliphatic rings. The van der Waals surface area contributed by atoms with Gasteiger partial charge in [-0.15, -0.1) is 12.4 Å². The second-order valence-electron chi connectivity index (χ2n) is 6.66. The van der Waals surface area contributed by atoms with Crippen molar-refractivity contribution in [2.24, 2.45) is 5.92 Å². The quantitative estimate of drug-likeness (QED) is 0.727. The molecule has 0 bridgehead atoms. The molecule has 2 fully saturated rings. The second kappa shape index (κ2) is 11.7. The average Bonchev–Trinajstić information content (AvgIpc) is 2.75. The molecule has 2 rings (SSSR count). The van der Waals surface area contributed by atoms with Gasteiger partial charge in [-0.2, -0.15) is 0 Å². The van der Waals surface area contributed by atoms with Gasteiger partial charge in [0.15, 0.2) is 0 Å². The highest BCUT2D eigenvalue weighted by Gasteiger charge is 2.19. The van der Waals surface area contributed by atoms with Crippen LogP contribution in [-0.4, -0.2) is 50.8 Å². The van der Waals surface area contributed by atoms with Crippen molar-refractivity contribution >= 4 is 12.4 Å². The van der Waals surface area contributed by atoms with Crippen molar-refractivity contribution in [2.45, 2.75) is 63.9 Å². The molecule has 0 radical (unpaired) electrons. The monoisotopic (exact) mass is 318 g/mol. The average molecular weight is 319 g/mol. The lowest BCUT2D eigenvalue weighted by atomic mass is 9.93. The zero-order chi connectivity index (χ0) is 14.0. The number of nitrogens with one attached hydrogen (secondary N) is 1. The summed E-state index contributed by atoms with van der Waals surface area (Å²) in [5, 5.41) is 3.27. The van der Waals surface area contributed by atoms with E-state index in [0.29, 0.717) is 6.10 Å². The van der Waals surface area contributed by atoms with Gasteiger partial charge in [0.1, 0.15) is 0 Å². The van der Waals surface area contributed by atoms with Crippen LogP contribution in [0.15, 0.2) is 0 Å². The van der Waals surface area contributed by atoms with E-state index in [2.05, 4.69) is 17.3 Å². The second-order valence-corrected chi connectivity index (χ2v) is 6.66. The third-order valence-electron chi connectivity index (χ3n) is 5.07. The minimum absolute atomic E-state index is 0. The molecule has 21 heavy (non-hydrogen) atoms. The van der Waals surface area contributed by atoms with E-state index in [-0.39, 0.29) is 12.4 Å². The van der Waals surface area contributed by atoms with Crippen LogP contribution < -0.4 is 5.32 Å². The van der Waals surface area contributed by atoms with Crippen molar-refractivity contribution in [3.05, 3.63) is 0 Å². The molecule has 0 unspecified atom stereocenters. The van der Waals surface area contributed by atoms with Gasteiger partial charge in [-0.1, -0.05) is 25.7 Å². The Bertz CT molecular complexity index is 237. The maximum absolute atomic E-state index is 6.11. The molecule has 126 valence electrons. The number of rotatable bonds is 7. The van der Waals surface area contributed by atoms with Crippen LogP contribution in [0.2, 0.25) is 0 Å². The van der Waals surface area contributed by atoms with Gasteiger partial charge >= 0.3 is 0 Å². The summed E-state index contributed by atoms with van der Waals surface area (Å²) in [6, 6.07) is 0. The molecule has 0 atom stereocenters. The van der Waals surface area contributed by atoms with E-state index in [1.54, 1.807) is 0 Å². The van der Waals surface area contributed by atoms with E-state index in [1.807, 2.05) is 0 Å². The summed E-state index contributed by atoms with van der Waals surface area (Å²) in [5.74, 6) is 0.946. The molecule has 0 aromatic heterocycles. The number of hydrogen-bond donors (Lipinski definition) is 1. The van der Waals surface area contributed by atoms with Gasteiger partial charge in [0.2, 0.25) is 0 Å². The molecule has 1 aliphatic heterocycles. The van der Waals surface area contributed by atoms with Crippen molar-refractivity contribution in [1.82, 2.24) is 10.2 Å². The molecule has 0 amide bonds. The van der Waals surface area contributed by atoms with Crippen LogP contribution in [0, 0.1) is 5.92 Å². The summed E-state index contributed by atoms with van der Waals surface area (Å²) >= 11 is 0. The van der Waals surface area contributed by atoms with Crippen LogP contribution >= 0.6 is 12.4 Å². The Morgan fingerprint density at radius 2 is 1.67 bits per heavy atom. The first-order valence-corrected chi connectivity index (χ1v) is 8.87. The van der Waals surface area contributed by atoms with Gasteiger partial charge in [0.05, 0.1) is 12.7 Å². The standard InChI is InChI=1S/C17H34N2O.ClH/c1-18-11-8-16-9-12-19(13-10-16)14-15-20-17-6-4-2-3-5-7-17;/h16-18H,2-15H2,1H3;1H. The molecule has 0 aromatic carbocycles. The highest BCUT2D eigenvalue weighted by Crippen LogP contribution is 2.21. The summed E-state index contributed by atoms with van der Waals surface area (Å²) in [7, 11) is 2.06. The zero-order valence-corrected chi connectivity index (χ0v) is 14.6. The van der Waals surface area contributed by atoms with Crippen molar-refractivity contribution in [2.75, 3.05) is 39.8 Å². The summed E-state index contributed by atoms with van der Waals surface area (Å²) < 4.78 is 6.11. The Labute approximate surface area is 137 Å². The van der Waals surface area contributed by atoms with Crippen molar-refractivity contribution in [3.8, 4) is 0 Å². The van der Waals surface area contributed by atoms with Crippen LogP contribution in [0.1, 0.15) is 57.8 Å². The predicted octanol–water partition coefficient (Wildman–Crippen LogP) is 3.47. The lowest BCUT2D eigenvalue weighted by Crippen LogP contribution is -2.37. The highest BCUT2D eigenvalue weighted by molar-refractivity contribution is 5.85. The Hall–Kier alpha value is 0.170. The number of nitrogens with zero attached hydrogens (tertiary/aromatic N) is 1. The number of halogens is 1. The van der Waals surface area contributed by atoms with Gasteiger partial charge in [-0.3, -0.25) is 0 Å². The fourth-order valence-corrected chi connectivity index (χ4v) is 3.60. The van der Waals surface area contributed by atoms with E-state index in [4.69, 9.17) is 4.74 Å². The van der Waals surface area contributed by atoms with Crippen LogP contribution in [-0.2, 0) is 4.74 Å². The molecular weight excluding hydrogens is 284 g/mol. The minimum atomic E-state index is 0. The SMILES string of the molecule is CNCCC1CCN(CCOC2CCCCCC2)CC1.Cl. The first-order chi connectivity index (χ1) is 9.88. The summed E-state index contributed by atoms with van der Waals surface area (Å²) in [6.07, 6.45) is 12.9. The Kier molecular flexibility index (Phi) is 10.7. The molecule has 1 heterocycles. The van der Waals surface area contributed by atoms with Crippen molar-refractivity contribution in [3.63, 3.8) is 0 Å². The smallest absolute Gasteiger partial charge is 0.0597 e. The van der Waals surface area contributed by atoms with Crippen LogP contribution in [0.3, 0.4) is 0 Å². The lowest BCUT2D eigenvalue weighted by Gasteiger charge is -2.32. The maximum Gasteiger partial charge on any atom is 0.0597 e. The third kappa shape index (κ3) is 7.83. The molecular formula is C17H35ClN2O. The van der Waals surface area contributed by atoms with Crippen LogP contribution in [0.4, 0.5) is 0 Å². The lowest BCUT2D eigenvalue weighted by molar-refractivity contribution is 0.0234. The first-order valence-electron chi connectivity index (χ1n) is 8.87. The topological polar surface area (TPSA) is 24.5 Å². The van der Waals surface area contributed by atoms with Gasteiger partial charge < -0.3 is 15.0 Å². The van der Waals surface area contributed by atoms with Crippen molar-refractivity contribution < 1.29 is 4.74 Å². The Balaban J connectivity index is 0.00000220. The normalized spacial score (nSPS) is 22.7. The van der Waals surface area contributed by atoms with E-state index < -0.39 is 0 Å². The molecule has 1 saturated heterocycles. The van der Waals surface area contributed by atoms with E-state index in [0.717, 1.165) is 19.1 Å². The number of hydrogen-bond acceptors (Lipinski definition) is 3. The first kappa shape index (κ1) is 19.2. The molecule has 1 saturated carbocycles. The van der Waals surface area contributed by atoms with E-state index in [1.165, 1.54) is 77.4 Å². The maximum atomic E-state index is 6.11. The number of likely N-dealkylation sites (tertiary alicyclic amines) is 1. The predicted molar refractivity (Wildman–Crippen MR) is 92.4 cm³/mol. The molecule has 4 heteroatoms. The van der Waals surface area contributed by atoms with E-state index in [9.17, 15) is 0 Å². The fraction of sp³-hybridized carbons (Fsp3) is 1.00. The highest BCUT2D eigenvalue weighted by atomic mass is 35.5. The van der Waals surface area contributed by atoms with Gasteiger partial charge in [-0.25, -0.2) is 0 Å². The van der Waals surface area contributed by atoms with Crippen LogP contribution in [0.5, 0.6) is 0 Å². The Morgan fingerprint density at radius 3 is 2.29 bits per heavy atom. The van der Waals surface area contributed by atoms with Crippen LogP contribution in [0.25, 0.3) is 0 Å². The summed E-state index contributed by atoms with van der Waals surface area (Å²) in [6.45, 7) is 5.83. The van der Waals surface area contributed by atoms with Crippen molar-refractivity contribution in [1.29, 1.82) is 0 Å². The largest absolute Gasteiger partial charge is 0.377 e. The summed E-state index contributed by atoms with van der Waals surface area (Å²) in [4.78, 5) is 2.60. The third-order valence-corrected chi connectivity index (χ3v) is 5.07. The van der Waals surface area contributed by atoms with Gasteiger partial charge in [0.25, 0.3) is 0 Å². The fourth-order valence-electron chi connectivity index (χ4n) is 3.60. The zero-order valence-electron chi connectivity index (χ0n) is 13.8.